The molecule has 7 atom stereocenters. The molecule has 41 heavy (non-hydrogen) atoms. The number of carbonyl (C=O) groups is 7. The van der Waals surface area contributed by atoms with Crippen LogP contribution in [-0.2, 0) is 62.0 Å². The van der Waals surface area contributed by atoms with E-state index in [-0.39, 0.29) is 0 Å². The largest absolute Gasteiger partial charge is 0.463 e. The zero-order valence-corrected chi connectivity index (χ0v) is 24.2. The highest BCUT2D eigenvalue weighted by molar-refractivity contribution is 5.90. The molecule has 0 saturated carbocycles. The molecule has 0 radical (unpaired) electrons. The Bertz CT molecular complexity index is 1010. The van der Waals surface area contributed by atoms with Crippen molar-refractivity contribution in [2.24, 2.45) is 0 Å². The molecule has 0 aromatic rings. The first-order valence-corrected chi connectivity index (χ1v) is 12.6. The van der Waals surface area contributed by atoms with Gasteiger partial charge in [0.2, 0.25) is 11.8 Å². The molecule has 0 aromatic carbocycles. The van der Waals surface area contributed by atoms with Crippen LogP contribution in [0.1, 0.15) is 61.8 Å². The van der Waals surface area contributed by atoms with Gasteiger partial charge in [-0.2, -0.15) is 0 Å². The molecule has 1 aliphatic rings. The summed E-state index contributed by atoms with van der Waals surface area (Å²) in [5.74, 6) is -6.11. The van der Waals surface area contributed by atoms with E-state index in [0.29, 0.717) is 0 Å². The molecule has 1 fully saturated rings. The van der Waals surface area contributed by atoms with Crippen LogP contribution in [0, 0.1) is 0 Å². The van der Waals surface area contributed by atoms with Crippen LogP contribution in [0.4, 0.5) is 0 Å². The van der Waals surface area contributed by atoms with Gasteiger partial charge in [-0.1, -0.05) is 0 Å². The predicted molar refractivity (Wildman–Crippen MR) is 134 cm³/mol. The molecule has 16 heteroatoms. The molecule has 0 aromatic heterocycles. The molecule has 2 amide bonds. The molecule has 0 aliphatic carbocycles. The van der Waals surface area contributed by atoms with Crippen LogP contribution in [0.2, 0.25) is 0 Å². The van der Waals surface area contributed by atoms with Crippen molar-refractivity contribution in [3.8, 4) is 0 Å². The van der Waals surface area contributed by atoms with E-state index in [2.05, 4.69) is 10.6 Å². The van der Waals surface area contributed by atoms with Crippen molar-refractivity contribution in [2.75, 3.05) is 6.61 Å². The maximum Gasteiger partial charge on any atom is 0.328 e. The summed E-state index contributed by atoms with van der Waals surface area (Å²) in [5.41, 5.74) is -0.821. The molecule has 0 bridgehead atoms. The molecule has 0 unspecified atom stereocenters. The first-order chi connectivity index (χ1) is 18.8. The molecule has 1 saturated heterocycles. The summed E-state index contributed by atoms with van der Waals surface area (Å²) in [4.78, 5) is 84.2. The summed E-state index contributed by atoms with van der Waals surface area (Å²) >= 11 is 0. The van der Waals surface area contributed by atoms with Crippen LogP contribution in [0.3, 0.4) is 0 Å². The van der Waals surface area contributed by atoms with Crippen LogP contribution < -0.4 is 10.6 Å². The number of hydrogen-bond acceptors (Lipinski definition) is 14. The zero-order chi connectivity index (χ0) is 31.7. The molecular weight excluding hydrogens is 552 g/mol. The molecular formula is C25H38N2O14. The molecule has 232 valence electrons. The van der Waals surface area contributed by atoms with Crippen molar-refractivity contribution in [1.29, 1.82) is 0 Å². The highest BCUT2D eigenvalue weighted by atomic mass is 16.7. The fourth-order valence-corrected chi connectivity index (χ4v) is 3.59. The average Bonchev–Trinajstić information content (AvgIpc) is 2.79. The Morgan fingerprint density at radius 1 is 0.829 bits per heavy atom. The van der Waals surface area contributed by atoms with E-state index >= 15 is 0 Å². The maximum absolute atomic E-state index is 12.8. The van der Waals surface area contributed by atoms with Gasteiger partial charge in [-0.05, 0) is 27.7 Å². The number of nitrogens with one attached hydrogen (secondary N) is 2. The maximum atomic E-state index is 12.8. The third kappa shape index (κ3) is 12.5. The fourth-order valence-electron chi connectivity index (χ4n) is 3.59. The number of hydrogen-bond donors (Lipinski definition) is 3. The van der Waals surface area contributed by atoms with Crippen LogP contribution in [0.15, 0.2) is 0 Å². The van der Waals surface area contributed by atoms with E-state index in [0.717, 1.165) is 27.7 Å². The van der Waals surface area contributed by atoms with Crippen molar-refractivity contribution in [2.45, 2.75) is 110 Å². The van der Waals surface area contributed by atoms with Gasteiger partial charge in [0.25, 0.3) is 0 Å². The van der Waals surface area contributed by atoms with E-state index in [9.17, 15) is 38.7 Å². The van der Waals surface area contributed by atoms with Crippen LogP contribution in [0.5, 0.6) is 0 Å². The molecule has 3 N–H and O–H groups in total. The van der Waals surface area contributed by atoms with Gasteiger partial charge in [0.1, 0.15) is 30.5 Å². The summed E-state index contributed by atoms with van der Waals surface area (Å²) < 4.78 is 31.6. The van der Waals surface area contributed by atoms with Crippen LogP contribution in [-0.4, -0.2) is 102 Å². The minimum Gasteiger partial charge on any atom is -0.463 e. The minimum absolute atomic E-state index is 0.516. The number of aliphatic hydroxyl groups excluding tert-OH is 1. The van der Waals surface area contributed by atoms with Crippen LogP contribution >= 0.6 is 0 Å². The number of esters is 5. The van der Waals surface area contributed by atoms with Gasteiger partial charge in [0, 0.05) is 27.7 Å². The Hall–Kier alpha value is -3.79. The van der Waals surface area contributed by atoms with E-state index in [1.165, 1.54) is 6.92 Å². The number of amides is 2. The smallest absolute Gasteiger partial charge is 0.328 e. The molecule has 1 heterocycles. The SMILES string of the molecule is CC(=O)OC[C@H]1O[C@@H](NC(=O)C[C@H](O)C(=O)N[C@@H](C)C(=O)OC(C)(C)C)[C@H](OC(C)=O)[C@@H](OC(C)=O)[C@@H]1OC(C)=O. The van der Waals surface area contributed by atoms with E-state index in [1.54, 1.807) is 20.8 Å². The lowest BCUT2D eigenvalue weighted by molar-refractivity contribution is -0.257. The van der Waals surface area contributed by atoms with Gasteiger partial charge in [-0.15, -0.1) is 0 Å². The molecule has 0 spiro atoms. The second-order valence-corrected chi connectivity index (χ2v) is 10.2. The predicted octanol–water partition coefficient (Wildman–Crippen LogP) is -1.22. The first-order valence-electron chi connectivity index (χ1n) is 12.6. The lowest BCUT2D eigenvalue weighted by Crippen LogP contribution is -2.66. The second-order valence-electron chi connectivity index (χ2n) is 10.2. The topological polar surface area (TPSA) is 219 Å². The van der Waals surface area contributed by atoms with Gasteiger partial charge in [0.05, 0.1) is 6.42 Å². The molecule has 1 rings (SSSR count). The van der Waals surface area contributed by atoms with Gasteiger partial charge in [-0.3, -0.25) is 28.8 Å². The van der Waals surface area contributed by atoms with E-state index < -0.39 is 103 Å². The lowest BCUT2D eigenvalue weighted by Gasteiger charge is -2.44. The third-order valence-corrected chi connectivity index (χ3v) is 5.09. The third-order valence-electron chi connectivity index (χ3n) is 5.09. The zero-order valence-electron chi connectivity index (χ0n) is 24.2. The van der Waals surface area contributed by atoms with Crippen molar-refractivity contribution in [1.82, 2.24) is 10.6 Å². The Balaban J connectivity index is 3.13. The molecule has 16 nitrogen and oxygen atoms in total. The fraction of sp³-hybridized carbons (Fsp3) is 0.720. The summed E-state index contributed by atoms with van der Waals surface area (Å²) in [5, 5.41) is 14.8. The number of aliphatic hydroxyl groups is 1. The van der Waals surface area contributed by atoms with Gasteiger partial charge in [0.15, 0.2) is 24.5 Å². The summed E-state index contributed by atoms with van der Waals surface area (Å²) in [6.07, 6.45) is -10.2. The average molecular weight is 591 g/mol. The Morgan fingerprint density at radius 2 is 1.34 bits per heavy atom. The first kappa shape index (κ1) is 35.2. The van der Waals surface area contributed by atoms with E-state index in [4.69, 9.17) is 28.4 Å². The highest BCUT2D eigenvalue weighted by Gasteiger charge is 2.52. The molecule has 1 aliphatic heterocycles. The van der Waals surface area contributed by atoms with Crippen molar-refractivity contribution in [3.63, 3.8) is 0 Å². The van der Waals surface area contributed by atoms with Crippen molar-refractivity contribution in [3.05, 3.63) is 0 Å². The van der Waals surface area contributed by atoms with E-state index in [1.807, 2.05) is 0 Å². The number of rotatable bonds is 11. The summed E-state index contributed by atoms with van der Waals surface area (Å²) in [7, 11) is 0. The summed E-state index contributed by atoms with van der Waals surface area (Å²) in [6, 6.07) is -1.14. The quantitative estimate of drug-likeness (QED) is 0.190. The normalized spacial score (nSPS) is 23.6. The minimum atomic E-state index is -1.93. The monoisotopic (exact) mass is 590 g/mol. The number of ether oxygens (including phenoxy) is 6. The highest BCUT2D eigenvalue weighted by Crippen LogP contribution is 2.28. The van der Waals surface area contributed by atoms with Gasteiger partial charge < -0.3 is 44.2 Å². The van der Waals surface area contributed by atoms with Crippen LogP contribution in [0.25, 0.3) is 0 Å². The second kappa shape index (κ2) is 15.3. The van der Waals surface area contributed by atoms with Gasteiger partial charge in [-0.25, -0.2) is 4.79 Å². The standard InChI is InChI=1S/C25H38N2O14/c1-11(24(35)41-25(6,7)8)26-22(34)16(32)9-18(33)27-23-21(39-15(5)31)20(38-14(4)30)19(37-13(3)29)17(40-23)10-36-12(2)28/h11,16-17,19-21,23,32H,9-10H2,1-8H3,(H,26,34)(H,27,33)/t11-,16-,17+,19+,20-,21+,23+/m0/s1. The van der Waals surface area contributed by atoms with Crippen molar-refractivity contribution < 1.29 is 67.1 Å². The van der Waals surface area contributed by atoms with Gasteiger partial charge >= 0.3 is 29.8 Å². The lowest BCUT2D eigenvalue weighted by atomic mass is 9.97. The number of carbonyl (C=O) groups excluding carboxylic acids is 7. The Labute approximate surface area is 236 Å². The Kier molecular flexibility index (Phi) is 13.1. The van der Waals surface area contributed by atoms with Crippen molar-refractivity contribution >= 4 is 41.7 Å². The Morgan fingerprint density at radius 3 is 1.83 bits per heavy atom. The summed E-state index contributed by atoms with van der Waals surface area (Å²) in [6.45, 7) is 9.92.